The predicted octanol–water partition coefficient (Wildman–Crippen LogP) is 0.303. The Balaban J connectivity index is 2.33. The Bertz CT molecular complexity index is 286. The van der Waals surface area contributed by atoms with Gasteiger partial charge in [0.2, 0.25) is 5.96 Å². The molecule has 15 heavy (non-hydrogen) atoms. The van der Waals surface area contributed by atoms with Crippen LogP contribution in [0.3, 0.4) is 0 Å². The fraction of sp³-hybridized carbons (Fsp3) is 0.444. The second-order valence-electron chi connectivity index (χ2n) is 2.86. The van der Waals surface area contributed by atoms with E-state index >= 15 is 0 Å². The minimum atomic E-state index is 0.582. The van der Waals surface area contributed by atoms with E-state index in [-0.39, 0.29) is 0 Å². The third-order valence-electron chi connectivity index (χ3n) is 1.74. The van der Waals surface area contributed by atoms with Gasteiger partial charge in [-0.1, -0.05) is 0 Å². The minimum Gasteiger partial charge on any atom is -0.383 e. The first-order valence-corrected chi connectivity index (χ1v) is 5.56. The second kappa shape index (κ2) is 7.22. The largest absolute Gasteiger partial charge is 0.383 e. The molecule has 0 saturated carbocycles. The molecule has 0 aliphatic rings. The molecule has 0 unspecified atom stereocenters. The molecule has 84 valence electrons. The molecule has 0 aliphatic carbocycles. The molecule has 1 aromatic heterocycles. The van der Waals surface area contributed by atoms with Crippen molar-refractivity contribution < 1.29 is 4.74 Å². The molecular weight excluding hydrogens is 212 g/mol. The third kappa shape index (κ3) is 4.78. The molecule has 0 spiro atoms. The zero-order valence-corrected chi connectivity index (χ0v) is 9.51. The van der Waals surface area contributed by atoms with Gasteiger partial charge in [0.05, 0.1) is 13.2 Å². The van der Waals surface area contributed by atoms with Gasteiger partial charge in [0.25, 0.3) is 0 Å². The molecule has 0 aromatic carbocycles. The number of nitrogens with zero attached hydrogens (tertiary/aromatic N) is 1. The van der Waals surface area contributed by atoms with E-state index in [2.05, 4.69) is 21.1 Å². The molecule has 1 aromatic rings. The van der Waals surface area contributed by atoms with Crippen LogP contribution in [0.5, 0.6) is 0 Å². The van der Waals surface area contributed by atoms with Crippen molar-refractivity contribution in [1.82, 2.24) is 10.7 Å². The first kappa shape index (κ1) is 12.0. The fourth-order valence-electron chi connectivity index (χ4n) is 0.977. The minimum absolute atomic E-state index is 0.582. The summed E-state index contributed by atoms with van der Waals surface area (Å²) >= 11 is 1.66. The first-order valence-electron chi connectivity index (χ1n) is 4.61. The smallest absolute Gasteiger partial charge is 0.206 e. The fourth-order valence-corrected chi connectivity index (χ4v) is 1.64. The molecule has 4 N–H and O–H groups in total. The molecule has 0 saturated heterocycles. The predicted molar refractivity (Wildman–Crippen MR) is 62.7 cm³/mol. The highest BCUT2D eigenvalue weighted by molar-refractivity contribution is 7.07. The summed E-state index contributed by atoms with van der Waals surface area (Å²) < 4.78 is 4.90. The Morgan fingerprint density at radius 1 is 1.67 bits per heavy atom. The number of hydrogen-bond donors (Lipinski definition) is 3. The molecule has 0 bridgehead atoms. The van der Waals surface area contributed by atoms with Gasteiger partial charge in [-0.05, 0) is 22.4 Å². The lowest BCUT2D eigenvalue weighted by Crippen LogP contribution is -2.42. The molecule has 5 nitrogen and oxygen atoms in total. The number of nitrogens with two attached hydrogens (primary N) is 1. The maximum atomic E-state index is 5.31. The molecule has 1 heterocycles. The van der Waals surface area contributed by atoms with Crippen LogP contribution in [0.2, 0.25) is 0 Å². The summed E-state index contributed by atoms with van der Waals surface area (Å²) in [7, 11) is 1.65. The SMILES string of the molecule is COCCNC(=NCc1ccsc1)NN. The van der Waals surface area contributed by atoms with Gasteiger partial charge < -0.3 is 10.1 Å². The van der Waals surface area contributed by atoms with E-state index in [1.54, 1.807) is 18.4 Å². The summed E-state index contributed by atoms with van der Waals surface area (Å²) in [6.45, 7) is 1.94. The monoisotopic (exact) mass is 228 g/mol. The van der Waals surface area contributed by atoms with Gasteiger partial charge in [0, 0.05) is 13.7 Å². The van der Waals surface area contributed by atoms with Gasteiger partial charge in [-0.25, -0.2) is 10.8 Å². The zero-order valence-electron chi connectivity index (χ0n) is 8.69. The Kier molecular flexibility index (Phi) is 5.76. The Hall–Kier alpha value is -1.11. The number of methoxy groups -OCH3 is 1. The van der Waals surface area contributed by atoms with Gasteiger partial charge >= 0.3 is 0 Å². The van der Waals surface area contributed by atoms with Gasteiger partial charge in [-0.2, -0.15) is 11.3 Å². The maximum Gasteiger partial charge on any atom is 0.206 e. The maximum absolute atomic E-state index is 5.31. The lowest BCUT2D eigenvalue weighted by molar-refractivity contribution is 0.203. The summed E-state index contributed by atoms with van der Waals surface area (Å²) in [5.41, 5.74) is 3.69. The Morgan fingerprint density at radius 3 is 3.13 bits per heavy atom. The van der Waals surface area contributed by atoms with Crippen molar-refractivity contribution in [2.75, 3.05) is 20.3 Å². The van der Waals surface area contributed by atoms with Crippen LogP contribution < -0.4 is 16.6 Å². The van der Waals surface area contributed by atoms with Crippen molar-refractivity contribution in [3.05, 3.63) is 22.4 Å². The standard InChI is InChI=1S/C9H16N4OS/c1-14-4-3-11-9(13-10)12-6-8-2-5-15-7-8/h2,5,7H,3-4,6,10H2,1H3,(H2,11,12,13). The summed E-state index contributed by atoms with van der Waals surface area (Å²) in [4.78, 5) is 4.28. The first-order chi connectivity index (χ1) is 7.36. The van der Waals surface area contributed by atoms with Gasteiger partial charge in [0.1, 0.15) is 0 Å². The number of nitrogens with one attached hydrogen (secondary N) is 2. The lowest BCUT2D eigenvalue weighted by Gasteiger charge is -2.07. The normalized spacial score (nSPS) is 11.5. The summed E-state index contributed by atoms with van der Waals surface area (Å²) in [6.07, 6.45) is 0. The van der Waals surface area contributed by atoms with E-state index < -0.39 is 0 Å². The van der Waals surface area contributed by atoms with E-state index in [1.807, 2.05) is 11.4 Å². The Labute approximate surface area is 93.3 Å². The molecule has 0 atom stereocenters. The van der Waals surface area contributed by atoms with Crippen molar-refractivity contribution in [1.29, 1.82) is 0 Å². The molecule has 1 rings (SSSR count). The molecule has 0 radical (unpaired) electrons. The van der Waals surface area contributed by atoms with Crippen LogP contribution in [-0.4, -0.2) is 26.2 Å². The average molecular weight is 228 g/mol. The van der Waals surface area contributed by atoms with Crippen LogP contribution >= 0.6 is 11.3 Å². The molecular formula is C9H16N4OS. The number of rotatable bonds is 5. The van der Waals surface area contributed by atoms with Gasteiger partial charge in [-0.3, -0.25) is 5.43 Å². The number of thiophene rings is 1. The van der Waals surface area contributed by atoms with E-state index in [9.17, 15) is 0 Å². The number of aliphatic imine (C=N–C) groups is 1. The number of guanidine groups is 1. The zero-order chi connectivity index (χ0) is 10.9. The van der Waals surface area contributed by atoms with E-state index in [4.69, 9.17) is 10.6 Å². The van der Waals surface area contributed by atoms with Crippen LogP contribution in [-0.2, 0) is 11.3 Å². The highest BCUT2D eigenvalue weighted by Crippen LogP contribution is 2.06. The molecule has 0 aliphatic heterocycles. The van der Waals surface area contributed by atoms with Gasteiger partial charge in [0.15, 0.2) is 0 Å². The van der Waals surface area contributed by atoms with Crippen molar-refractivity contribution in [2.24, 2.45) is 10.8 Å². The molecule has 0 fully saturated rings. The quantitative estimate of drug-likeness (QED) is 0.223. The van der Waals surface area contributed by atoms with E-state index in [0.717, 1.165) is 0 Å². The number of hydrazine groups is 1. The topological polar surface area (TPSA) is 71.7 Å². The van der Waals surface area contributed by atoms with Crippen molar-refractivity contribution in [3.63, 3.8) is 0 Å². The van der Waals surface area contributed by atoms with Crippen molar-refractivity contribution in [3.8, 4) is 0 Å². The second-order valence-corrected chi connectivity index (χ2v) is 3.64. The van der Waals surface area contributed by atoms with Crippen LogP contribution in [0.15, 0.2) is 21.8 Å². The van der Waals surface area contributed by atoms with Crippen LogP contribution in [0.25, 0.3) is 0 Å². The summed E-state index contributed by atoms with van der Waals surface area (Å²) in [5, 5.41) is 7.11. The van der Waals surface area contributed by atoms with E-state index in [0.29, 0.717) is 25.7 Å². The molecule has 0 amide bonds. The van der Waals surface area contributed by atoms with Gasteiger partial charge in [-0.15, -0.1) is 0 Å². The van der Waals surface area contributed by atoms with Crippen molar-refractivity contribution >= 4 is 17.3 Å². The van der Waals surface area contributed by atoms with Crippen LogP contribution in [0, 0.1) is 0 Å². The summed E-state index contributed by atoms with van der Waals surface area (Å²) in [6, 6.07) is 2.04. The number of hydrogen-bond acceptors (Lipinski definition) is 4. The lowest BCUT2D eigenvalue weighted by atomic mass is 10.3. The van der Waals surface area contributed by atoms with Crippen LogP contribution in [0.1, 0.15) is 5.56 Å². The highest BCUT2D eigenvalue weighted by atomic mass is 32.1. The van der Waals surface area contributed by atoms with E-state index in [1.165, 1.54) is 5.56 Å². The average Bonchev–Trinajstić information content (AvgIpc) is 2.76. The van der Waals surface area contributed by atoms with Crippen molar-refractivity contribution in [2.45, 2.75) is 6.54 Å². The highest BCUT2D eigenvalue weighted by Gasteiger charge is 1.95. The molecule has 6 heteroatoms. The number of ether oxygens (including phenoxy) is 1. The summed E-state index contributed by atoms with van der Waals surface area (Å²) in [5.74, 6) is 5.89. The van der Waals surface area contributed by atoms with Crippen LogP contribution in [0.4, 0.5) is 0 Å². The Morgan fingerprint density at radius 2 is 2.53 bits per heavy atom. The third-order valence-corrected chi connectivity index (χ3v) is 2.47.